The van der Waals surface area contributed by atoms with Gasteiger partial charge in [-0.1, -0.05) is 18.2 Å². The zero-order chi connectivity index (χ0) is 13.4. The average Bonchev–Trinajstić information content (AvgIpc) is 2.88. The molecular weight excluding hydrogens is 247 g/mol. The van der Waals surface area contributed by atoms with Crippen LogP contribution in [0.15, 0.2) is 36.2 Å². The first-order valence-electron chi connectivity index (χ1n) is 5.53. The second kappa shape index (κ2) is 4.10. The van der Waals surface area contributed by atoms with Crippen LogP contribution in [0.3, 0.4) is 0 Å². The molecule has 3 rings (SSSR count). The predicted octanol–water partition coefficient (Wildman–Crippen LogP) is 1.23. The van der Waals surface area contributed by atoms with Crippen LogP contribution in [0.4, 0.5) is 10.3 Å². The van der Waals surface area contributed by atoms with Crippen molar-refractivity contribution < 1.29 is 4.39 Å². The number of nitrogens with zero attached hydrogens (tertiary/aromatic N) is 4. The summed E-state index contributed by atoms with van der Waals surface area (Å²) in [5.74, 6) is 0.125. The van der Waals surface area contributed by atoms with Gasteiger partial charge in [-0.3, -0.25) is 0 Å². The van der Waals surface area contributed by atoms with E-state index in [1.807, 2.05) is 6.07 Å². The van der Waals surface area contributed by atoms with E-state index in [2.05, 4.69) is 15.4 Å². The molecule has 6 nitrogen and oxygen atoms in total. The maximum atomic E-state index is 13.9. The molecule has 0 bridgehead atoms. The number of nitriles is 1. The van der Waals surface area contributed by atoms with Gasteiger partial charge in [-0.25, -0.2) is 4.39 Å². The first kappa shape index (κ1) is 11.2. The molecule has 94 valence electrons. The molecule has 7 heteroatoms. The van der Waals surface area contributed by atoms with Crippen LogP contribution in [0, 0.1) is 17.1 Å². The van der Waals surface area contributed by atoms with Crippen LogP contribution in [-0.4, -0.2) is 14.8 Å². The Balaban J connectivity index is 2.17. The second-order valence-corrected chi connectivity index (χ2v) is 4.01. The molecular formula is C12H9FN6. The molecule has 0 unspecified atom stereocenters. The molecule has 0 radical (unpaired) electrons. The van der Waals surface area contributed by atoms with Crippen LogP contribution in [0.2, 0.25) is 0 Å². The standard InChI is InChI=1S/C12H9FN6/c13-9-4-2-1-3-7(9)10-8(5-14)11(15)19-12(18-10)16-6-17-19/h1-4,6,10H,15H2,(H,16,17,18)/t10-/m1/s1. The lowest BCUT2D eigenvalue weighted by atomic mass is 9.98. The Hall–Kier alpha value is -2.88. The highest BCUT2D eigenvalue weighted by atomic mass is 19.1. The van der Waals surface area contributed by atoms with Gasteiger partial charge in [-0.2, -0.15) is 20.0 Å². The molecule has 0 aliphatic carbocycles. The molecule has 19 heavy (non-hydrogen) atoms. The van der Waals surface area contributed by atoms with E-state index in [1.54, 1.807) is 18.2 Å². The van der Waals surface area contributed by atoms with Crippen molar-refractivity contribution in [1.29, 1.82) is 5.26 Å². The molecule has 1 aliphatic heterocycles. The van der Waals surface area contributed by atoms with E-state index < -0.39 is 11.9 Å². The van der Waals surface area contributed by atoms with Crippen molar-refractivity contribution in [3.63, 3.8) is 0 Å². The molecule has 0 amide bonds. The average molecular weight is 256 g/mol. The molecule has 1 aromatic carbocycles. The molecule has 3 N–H and O–H groups in total. The number of rotatable bonds is 1. The van der Waals surface area contributed by atoms with Crippen LogP contribution in [-0.2, 0) is 0 Å². The topological polar surface area (TPSA) is 92.5 Å². The number of nitrogens with two attached hydrogens (primary N) is 1. The summed E-state index contributed by atoms with van der Waals surface area (Å²) in [6.45, 7) is 0. The number of nitrogens with one attached hydrogen (secondary N) is 1. The van der Waals surface area contributed by atoms with Crippen LogP contribution in [0.25, 0.3) is 5.82 Å². The summed E-state index contributed by atoms with van der Waals surface area (Å²) < 4.78 is 15.2. The molecule has 2 aromatic rings. The Morgan fingerprint density at radius 3 is 2.95 bits per heavy atom. The number of anilines is 1. The molecule has 0 saturated carbocycles. The van der Waals surface area contributed by atoms with Gasteiger partial charge in [0.1, 0.15) is 24.0 Å². The largest absolute Gasteiger partial charge is 0.383 e. The van der Waals surface area contributed by atoms with E-state index in [0.29, 0.717) is 11.5 Å². The second-order valence-electron chi connectivity index (χ2n) is 4.01. The maximum absolute atomic E-state index is 13.9. The fourth-order valence-corrected chi connectivity index (χ4v) is 2.04. The molecule has 0 saturated heterocycles. The summed E-state index contributed by atoms with van der Waals surface area (Å²) in [6.07, 6.45) is 1.31. The minimum absolute atomic E-state index is 0.155. The molecule has 2 heterocycles. The molecule has 0 fully saturated rings. The first-order valence-corrected chi connectivity index (χ1v) is 5.53. The van der Waals surface area contributed by atoms with Crippen molar-refractivity contribution in [1.82, 2.24) is 14.8 Å². The highest BCUT2D eigenvalue weighted by Crippen LogP contribution is 2.33. The Labute approximate surface area is 108 Å². The number of hydrogen-bond donors (Lipinski definition) is 2. The third kappa shape index (κ3) is 1.62. The van der Waals surface area contributed by atoms with Gasteiger partial charge < -0.3 is 11.1 Å². The van der Waals surface area contributed by atoms with Crippen LogP contribution < -0.4 is 11.1 Å². The van der Waals surface area contributed by atoms with Gasteiger partial charge >= 0.3 is 0 Å². The van der Waals surface area contributed by atoms with E-state index >= 15 is 0 Å². The summed E-state index contributed by atoms with van der Waals surface area (Å²) >= 11 is 0. The van der Waals surface area contributed by atoms with Crippen LogP contribution in [0.5, 0.6) is 0 Å². The Bertz CT molecular complexity index is 711. The van der Waals surface area contributed by atoms with Gasteiger partial charge in [0, 0.05) is 5.56 Å². The van der Waals surface area contributed by atoms with Gasteiger partial charge in [0.2, 0.25) is 5.95 Å². The smallest absolute Gasteiger partial charge is 0.228 e. The van der Waals surface area contributed by atoms with Crippen molar-refractivity contribution in [3.8, 4) is 6.07 Å². The van der Waals surface area contributed by atoms with Gasteiger partial charge in [-0.05, 0) is 6.07 Å². The van der Waals surface area contributed by atoms with E-state index in [1.165, 1.54) is 17.1 Å². The van der Waals surface area contributed by atoms with Gasteiger partial charge in [0.25, 0.3) is 0 Å². The molecule has 0 spiro atoms. The molecule has 1 aromatic heterocycles. The van der Waals surface area contributed by atoms with Crippen LogP contribution >= 0.6 is 0 Å². The molecule has 1 aliphatic rings. The van der Waals surface area contributed by atoms with E-state index in [4.69, 9.17) is 5.73 Å². The summed E-state index contributed by atoms with van der Waals surface area (Å²) in [5, 5.41) is 16.1. The van der Waals surface area contributed by atoms with Crippen molar-refractivity contribution in [2.75, 3.05) is 5.32 Å². The minimum atomic E-state index is -0.664. The van der Waals surface area contributed by atoms with Gasteiger partial charge in [0.15, 0.2) is 0 Å². The summed E-state index contributed by atoms with van der Waals surface area (Å²) in [6, 6.07) is 7.55. The van der Waals surface area contributed by atoms with Crippen molar-refractivity contribution >= 4 is 11.8 Å². The van der Waals surface area contributed by atoms with Gasteiger partial charge in [0.05, 0.1) is 11.6 Å². The fourth-order valence-electron chi connectivity index (χ4n) is 2.04. The summed E-state index contributed by atoms with van der Waals surface area (Å²) in [5.41, 5.74) is 6.43. The van der Waals surface area contributed by atoms with E-state index in [9.17, 15) is 9.65 Å². The third-order valence-corrected chi connectivity index (χ3v) is 2.95. The number of halogens is 1. The predicted molar refractivity (Wildman–Crippen MR) is 65.8 cm³/mol. The Morgan fingerprint density at radius 2 is 2.21 bits per heavy atom. The van der Waals surface area contributed by atoms with Crippen molar-refractivity contribution in [3.05, 3.63) is 47.5 Å². The highest BCUT2D eigenvalue weighted by Gasteiger charge is 2.29. The normalized spacial score (nSPS) is 17.6. The number of fused-ring (bicyclic) bond motifs is 1. The lowest BCUT2D eigenvalue weighted by Gasteiger charge is -2.25. The molecule has 1 atom stereocenters. The summed E-state index contributed by atoms with van der Waals surface area (Å²) in [7, 11) is 0. The Kier molecular flexibility index (Phi) is 2.42. The zero-order valence-corrected chi connectivity index (χ0v) is 9.71. The maximum Gasteiger partial charge on any atom is 0.228 e. The van der Waals surface area contributed by atoms with Crippen molar-refractivity contribution in [2.45, 2.75) is 6.04 Å². The zero-order valence-electron chi connectivity index (χ0n) is 9.71. The number of hydrogen-bond acceptors (Lipinski definition) is 5. The fraction of sp³-hybridized carbons (Fsp3) is 0.0833. The van der Waals surface area contributed by atoms with Gasteiger partial charge in [-0.15, -0.1) is 0 Å². The van der Waals surface area contributed by atoms with E-state index in [-0.39, 0.29) is 11.4 Å². The lowest BCUT2D eigenvalue weighted by Crippen LogP contribution is -2.27. The SMILES string of the molecule is N#CC1=C(N)n2ncnc2N[C@@H]1c1ccccc1F. The van der Waals surface area contributed by atoms with Crippen LogP contribution in [0.1, 0.15) is 11.6 Å². The third-order valence-electron chi connectivity index (χ3n) is 2.95. The Morgan fingerprint density at radius 1 is 1.42 bits per heavy atom. The first-order chi connectivity index (χ1) is 9.22. The minimum Gasteiger partial charge on any atom is -0.383 e. The number of benzene rings is 1. The quantitative estimate of drug-likeness (QED) is 0.800. The number of aromatic nitrogens is 3. The highest BCUT2D eigenvalue weighted by molar-refractivity contribution is 5.65. The van der Waals surface area contributed by atoms with E-state index in [0.717, 1.165) is 0 Å². The van der Waals surface area contributed by atoms with Crippen molar-refractivity contribution in [2.24, 2.45) is 5.73 Å². The summed E-state index contributed by atoms with van der Waals surface area (Å²) in [4.78, 5) is 3.98. The monoisotopic (exact) mass is 256 g/mol. The lowest BCUT2D eigenvalue weighted by molar-refractivity contribution is 0.602.